The number of nitrogens with one attached hydrogen (secondary N) is 2. The number of anilines is 1. The molecule has 2 aromatic rings. The summed E-state index contributed by atoms with van der Waals surface area (Å²) in [5.74, 6) is -4.94. The smallest absolute Gasteiger partial charge is 0.336 e. The first-order chi connectivity index (χ1) is 20.5. The van der Waals surface area contributed by atoms with Crippen LogP contribution in [-0.2, 0) is 31.0 Å². The van der Waals surface area contributed by atoms with E-state index in [0.717, 1.165) is 17.0 Å². The van der Waals surface area contributed by atoms with Gasteiger partial charge in [-0.3, -0.25) is 19.2 Å². The number of nitrogens with zero attached hydrogens (tertiary/aromatic N) is 3. The first-order valence-electron chi connectivity index (χ1n) is 14.0. The number of fused-ring (bicyclic) bond motifs is 2. The van der Waals surface area contributed by atoms with Gasteiger partial charge in [0.25, 0.3) is 0 Å². The lowest BCUT2D eigenvalue weighted by atomic mass is 9.80. The third-order valence-electron chi connectivity index (χ3n) is 8.04. The van der Waals surface area contributed by atoms with Crippen molar-refractivity contribution < 1.29 is 36.7 Å². The fourth-order valence-corrected chi connectivity index (χ4v) is 5.84. The molecule has 1 fully saturated rings. The molecule has 4 rings (SSSR count). The molecule has 9 nitrogen and oxygen atoms in total. The number of likely N-dealkylation sites (N-methyl/N-ethyl adjacent to an activating group) is 1. The van der Waals surface area contributed by atoms with Gasteiger partial charge in [-0.2, -0.15) is 18.4 Å². The fourth-order valence-electron chi connectivity index (χ4n) is 5.84. The second-order valence-electron chi connectivity index (χ2n) is 12.5. The molecule has 13 heteroatoms. The molecule has 0 aromatic heterocycles. The van der Waals surface area contributed by atoms with E-state index in [1.54, 1.807) is 50.4 Å². The standard InChI is InChI=1S/C31H33F4N5O4/c1-29(2,3)15-24(26(42)40-17-30(14-20(40)16-36)21-7-5-6-8-22(21)37-27(30)43)39(4)25(41)23(38-28(44)31(33,34)35)13-18-9-11-19(32)12-10-18/h5-12,20,23-24H,13-15,17H2,1-4H3,(H,37,43)(H,38,44)/t20-,23?,24-,30-/m0/s1. The Balaban J connectivity index is 1.67. The van der Waals surface area contributed by atoms with Gasteiger partial charge in [-0.05, 0) is 41.2 Å². The summed E-state index contributed by atoms with van der Waals surface area (Å²) in [6.45, 7) is 5.28. The van der Waals surface area contributed by atoms with Gasteiger partial charge in [-0.15, -0.1) is 0 Å². The minimum absolute atomic E-state index is 0.0207. The number of likely N-dealkylation sites (tertiary alicyclic amines) is 1. The monoisotopic (exact) mass is 615 g/mol. The van der Waals surface area contributed by atoms with Crippen LogP contribution in [0.1, 0.15) is 44.7 Å². The minimum Gasteiger partial charge on any atom is -0.336 e. The Morgan fingerprint density at radius 2 is 1.77 bits per heavy atom. The zero-order valence-corrected chi connectivity index (χ0v) is 24.7. The number of para-hydroxylation sites is 1. The van der Waals surface area contributed by atoms with E-state index in [4.69, 9.17) is 0 Å². The number of halogens is 4. The van der Waals surface area contributed by atoms with E-state index in [-0.39, 0.29) is 30.9 Å². The van der Waals surface area contributed by atoms with Crippen molar-refractivity contribution in [1.29, 1.82) is 5.26 Å². The van der Waals surface area contributed by atoms with Crippen molar-refractivity contribution in [1.82, 2.24) is 15.1 Å². The molecule has 2 heterocycles. The average Bonchev–Trinajstić information content (AvgIpc) is 3.48. The normalized spacial score (nSPS) is 20.8. The number of benzene rings is 2. The van der Waals surface area contributed by atoms with Gasteiger partial charge < -0.3 is 20.4 Å². The largest absolute Gasteiger partial charge is 0.471 e. The van der Waals surface area contributed by atoms with Crippen LogP contribution in [0.25, 0.3) is 0 Å². The third kappa shape index (κ3) is 6.54. The fraction of sp³-hybridized carbons (Fsp3) is 0.452. The van der Waals surface area contributed by atoms with Gasteiger partial charge in [0, 0.05) is 32.1 Å². The van der Waals surface area contributed by atoms with Crippen molar-refractivity contribution in [2.45, 2.75) is 69.8 Å². The number of nitriles is 1. The maximum atomic E-state index is 14.2. The van der Waals surface area contributed by atoms with Crippen LogP contribution in [0.3, 0.4) is 0 Å². The molecule has 1 saturated heterocycles. The van der Waals surface area contributed by atoms with Gasteiger partial charge in [0.2, 0.25) is 17.7 Å². The van der Waals surface area contributed by atoms with Crippen LogP contribution in [0.4, 0.5) is 23.2 Å². The molecule has 44 heavy (non-hydrogen) atoms. The molecule has 2 aliphatic heterocycles. The average molecular weight is 616 g/mol. The zero-order valence-electron chi connectivity index (χ0n) is 24.7. The van der Waals surface area contributed by atoms with E-state index in [1.807, 2.05) is 0 Å². The molecule has 1 unspecified atom stereocenters. The van der Waals surface area contributed by atoms with Crippen LogP contribution < -0.4 is 10.6 Å². The van der Waals surface area contributed by atoms with Crippen LogP contribution in [0.2, 0.25) is 0 Å². The molecule has 0 radical (unpaired) electrons. The molecular weight excluding hydrogens is 582 g/mol. The molecular formula is C31H33F4N5O4. The summed E-state index contributed by atoms with van der Waals surface area (Å²) in [5, 5.41) is 14.6. The second-order valence-corrected chi connectivity index (χ2v) is 12.5. The Bertz CT molecular complexity index is 1500. The van der Waals surface area contributed by atoms with E-state index < -0.39 is 65.1 Å². The molecule has 2 aromatic carbocycles. The van der Waals surface area contributed by atoms with E-state index in [9.17, 15) is 42.0 Å². The first kappa shape index (κ1) is 32.4. The summed E-state index contributed by atoms with van der Waals surface area (Å²) >= 11 is 0. The van der Waals surface area contributed by atoms with E-state index in [2.05, 4.69) is 11.4 Å². The molecule has 0 saturated carbocycles. The highest BCUT2D eigenvalue weighted by Crippen LogP contribution is 2.46. The van der Waals surface area contributed by atoms with Crippen molar-refractivity contribution in [2.75, 3.05) is 18.9 Å². The Morgan fingerprint density at radius 3 is 2.36 bits per heavy atom. The maximum Gasteiger partial charge on any atom is 0.471 e. The van der Waals surface area contributed by atoms with E-state index in [0.29, 0.717) is 11.3 Å². The van der Waals surface area contributed by atoms with E-state index >= 15 is 0 Å². The number of carbonyl (C=O) groups is 4. The number of hydrogen-bond acceptors (Lipinski definition) is 5. The second kappa shape index (κ2) is 11.9. The van der Waals surface area contributed by atoms with Gasteiger partial charge in [0.05, 0.1) is 11.5 Å². The minimum atomic E-state index is -5.29. The Labute approximate surface area is 252 Å². The Kier molecular flexibility index (Phi) is 8.77. The Morgan fingerprint density at radius 1 is 1.14 bits per heavy atom. The molecule has 2 N–H and O–H groups in total. The van der Waals surface area contributed by atoms with Crippen LogP contribution in [0, 0.1) is 22.6 Å². The highest BCUT2D eigenvalue weighted by atomic mass is 19.4. The molecule has 1 spiro atoms. The van der Waals surface area contributed by atoms with Crippen molar-refractivity contribution in [3.05, 3.63) is 65.5 Å². The molecule has 0 bridgehead atoms. The molecule has 0 aliphatic carbocycles. The van der Waals surface area contributed by atoms with Gasteiger partial charge in [0.1, 0.15) is 23.9 Å². The van der Waals surface area contributed by atoms with Gasteiger partial charge in [0.15, 0.2) is 0 Å². The van der Waals surface area contributed by atoms with Crippen LogP contribution in [0.5, 0.6) is 0 Å². The van der Waals surface area contributed by atoms with Crippen LogP contribution >= 0.6 is 0 Å². The van der Waals surface area contributed by atoms with Gasteiger partial charge >= 0.3 is 12.1 Å². The highest BCUT2D eigenvalue weighted by Gasteiger charge is 2.57. The van der Waals surface area contributed by atoms with Crippen molar-refractivity contribution >= 4 is 29.3 Å². The van der Waals surface area contributed by atoms with Crippen molar-refractivity contribution in [2.24, 2.45) is 5.41 Å². The summed E-state index contributed by atoms with van der Waals surface area (Å²) in [6, 6.07) is 9.73. The summed E-state index contributed by atoms with van der Waals surface area (Å²) in [4.78, 5) is 55.4. The summed E-state index contributed by atoms with van der Waals surface area (Å²) in [5.41, 5.74) is -0.269. The summed E-state index contributed by atoms with van der Waals surface area (Å²) in [7, 11) is 1.25. The lowest BCUT2D eigenvalue weighted by molar-refractivity contribution is -0.175. The maximum absolute atomic E-state index is 14.2. The number of amides is 4. The van der Waals surface area contributed by atoms with Crippen LogP contribution in [0.15, 0.2) is 48.5 Å². The molecule has 2 aliphatic rings. The molecule has 234 valence electrons. The van der Waals surface area contributed by atoms with Crippen LogP contribution in [-0.4, -0.2) is 71.3 Å². The van der Waals surface area contributed by atoms with Gasteiger partial charge in [-0.1, -0.05) is 51.1 Å². The topological polar surface area (TPSA) is 123 Å². The molecule has 4 atom stereocenters. The number of rotatable bonds is 7. The zero-order chi connectivity index (χ0) is 32.6. The Hall–Kier alpha value is -4.47. The summed E-state index contributed by atoms with van der Waals surface area (Å²) in [6.07, 6.45) is -5.63. The number of carbonyl (C=O) groups excluding carboxylic acids is 4. The summed E-state index contributed by atoms with van der Waals surface area (Å²) < 4.78 is 53.2. The number of alkyl halides is 3. The quantitative estimate of drug-likeness (QED) is 0.460. The van der Waals surface area contributed by atoms with Gasteiger partial charge in [-0.25, -0.2) is 4.39 Å². The SMILES string of the molecule is CN(C(=O)C(Cc1ccc(F)cc1)NC(=O)C(F)(F)F)[C@@H](CC(C)(C)C)C(=O)N1C[C@]2(C[C@H]1C#N)C(=O)Nc1ccccc12. The predicted octanol–water partition coefficient (Wildman–Crippen LogP) is 3.69. The third-order valence-corrected chi connectivity index (χ3v) is 8.04. The van der Waals surface area contributed by atoms with Crippen molar-refractivity contribution in [3.63, 3.8) is 0 Å². The highest BCUT2D eigenvalue weighted by molar-refractivity contribution is 6.07. The van der Waals surface area contributed by atoms with Crippen molar-refractivity contribution in [3.8, 4) is 6.07 Å². The predicted molar refractivity (Wildman–Crippen MR) is 151 cm³/mol. The number of hydrogen-bond donors (Lipinski definition) is 2. The van der Waals surface area contributed by atoms with E-state index in [1.165, 1.54) is 24.1 Å². The lowest BCUT2D eigenvalue weighted by Crippen LogP contribution is -2.58. The lowest BCUT2D eigenvalue weighted by Gasteiger charge is -2.37. The first-order valence-corrected chi connectivity index (χ1v) is 14.0. The molecule has 4 amide bonds.